The quantitative estimate of drug-likeness (QED) is 0.305. The molecule has 0 spiro atoms. The molecule has 1 atom stereocenters. The number of hydrogen-bond donors (Lipinski definition) is 3. The Labute approximate surface area is 193 Å². The zero-order chi connectivity index (χ0) is 21.7. The third kappa shape index (κ3) is 9.50. The average Bonchev–Trinajstić information content (AvgIpc) is 3.02. The SMILES string of the molecule is CN=C(NCc1cccc(C(=O)NC(C)(C)C)c1)NC1CCN(CC(F)(F)F)C1.I. The summed E-state index contributed by atoms with van der Waals surface area (Å²) in [5.74, 6) is 0.381. The van der Waals surface area contributed by atoms with Gasteiger partial charge in [0.15, 0.2) is 5.96 Å². The molecule has 10 heteroatoms. The van der Waals surface area contributed by atoms with Gasteiger partial charge in [-0.25, -0.2) is 0 Å². The molecule has 1 heterocycles. The fourth-order valence-corrected chi connectivity index (χ4v) is 3.16. The van der Waals surface area contributed by atoms with Crippen LogP contribution in [0.5, 0.6) is 0 Å². The van der Waals surface area contributed by atoms with Crippen molar-refractivity contribution in [2.24, 2.45) is 4.99 Å². The lowest BCUT2D eigenvalue weighted by Crippen LogP contribution is -2.45. The first-order chi connectivity index (χ1) is 13.4. The van der Waals surface area contributed by atoms with E-state index in [2.05, 4.69) is 20.9 Å². The fourth-order valence-electron chi connectivity index (χ4n) is 3.16. The first-order valence-electron chi connectivity index (χ1n) is 9.63. The Hall–Kier alpha value is -1.56. The Bertz CT molecular complexity index is 734. The van der Waals surface area contributed by atoms with Crippen LogP contribution in [0.15, 0.2) is 29.3 Å². The monoisotopic (exact) mass is 541 g/mol. The highest BCUT2D eigenvalue weighted by molar-refractivity contribution is 14.0. The van der Waals surface area contributed by atoms with Gasteiger partial charge in [0.25, 0.3) is 5.91 Å². The zero-order valence-electron chi connectivity index (χ0n) is 17.8. The van der Waals surface area contributed by atoms with E-state index < -0.39 is 12.7 Å². The highest BCUT2D eigenvalue weighted by Crippen LogP contribution is 2.20. The van der Waals surface area contributed by atoms with Gasteiger partial charge >= 0.3 is 6.18 Å². The van der Waals surface area contributed by atoms with Crippen LogP contribution in [-0.2, 0) is 6.54 Å². The maximum atomic E-state index is 12.5. The third-order valence-corrected chi connectivity index (χ3v) is 4.38. The molecule has 170 valence electrons. The summed E-state index contributed by atoms with van der Waals surface area (Å²) in [6, 6.07) is 7.19. The molecule has 0 radical (unpaired) electrons. The number of likely N-dealkylation sites (tertiary alicyclic amines) is 1. The van der Waals surface area contributed by atoms with Crippen LogP contribution in [0.25, 0.3) is 0 Å². The predicted octanol–water partition coefficient (Wildman–Crippen LogP) is 3.13. The normalized spacial score (nSPS) is 18.0. The summed E-state index contributed by atoms with van der Waals surface area (Å²) in [7, 11) is 1.62. The number of carbonyl (C=O) groups excluding carboxylic acids is 1. The van der Waals surface area contributed by atoms with Crippen molar-refractivity contribution in [3.8, 4) is 0 Å². The Morgan fingerprint density at radius 2 is 1.97 bits per heavy atom. The number of hydrogen-bond acceptors (Lipinski definition) is 3. The smallest absolute Gasteiger partial charge is 0.352 e. The molecule has 2 rings (SSSR count). The molecular weight excluding hydrogens is 510 g/mol. The summed E-state index contributed by atoms with van der Waals surface area (Å²) in [4.78, 5) is 17.9. The first-order valence-corrected chi connectivity index (χ1v) is 9.63. The molecule has 1 fully saturated rings. The van der Waals surface area contributed by atoms with Crippen LogP contribution in [0.3, 0.4) is 0 Å². The van der Waals surface area contributed by atoms with Gasteiger partial charge in [-0.15, -0.1) is 24.0 Å². The highest BCUT2D eigenvalue weighted by Gasteiger charge is 2.34. The van der Waals surface area contributed by atoms with E-state index >= 15 is 0 Å². The molecule has 30 heavy (non-hydrogen) atoms. The topological polar surface area (TPSA) is 68.8 Å². The number of benzene rings is 1. The van der Waals surface area contributed by atoms with E-state index in [1.165, 1.54) is 4.90 Å². The van der Waals surface area contributed by atoms with E-state index in [9.17, 15) is 18.0 Å². The molecule has 0 saturated carbocycles. The van der Waals surface area contributed by atoms with Gasteiger partial charge < -0.3 is 16.0 Å². The largest absolute Gasteiger partial charge is 0.401 e. The van der Waals surface area contributed by atoms with Gasteiger partial charge in [-0.05, 0) is 44.9 Å². The summed E-state index contributed by atoms with van der Waals surface area (Å²) in [6.45, 7) is 6.04. The number of alkyl halides is 3. The number of aliphatic imine (C=N–C) groups is 1. The lowest BCUT2D eigenvalue weighted by molar-refractivity contribution is -0.143. The summed E-state index contributed by atoms with van der Waals surface area (Å²) in [5, 5.41) is 9.25. The van der Waals surface area contributed by atoms with Gasteiger partial charge in [-0.2, -0.15) is 13.2 Å². The molecule has 1 aliphatic rings. The summed E-state index contributed by atoms with van der Waals surface area (Å²) in [5.41, 5.74) is 1.15. The first kappa shape index (κ1) is 26.5. The molecule has 3 N–H and O–H groups in total. The van der Waals surface area contributed by atoms with Crippen LogP contribution >= 0.6 is 24.0 Å². The van der Waals surface area contributed by atoms with Gasteiger partial charge in [0.1, 0.15) is 0 Å². The molecule has 6 nitrogen and oxygen atoms in total. The lowest BCUT2D eigenvalue weighted by Gasteiger charge is -2.21. The second-order valence-electron chi connectivity index (χ2n) is 8.31. The van der Waals surface area contributed by atoms with Crippen molar-refractivity contribution in [2.75, 3.05) is 26.7 Å². The molecule has 0 bridgehead atoms. The molecule has 1 aromatic carbocycles. The van der Waals surface area contributed by atoms with Crippen LogP contribution in [-0.4, -0.2) is 61.2 Å². The number of guanidine groups is 1. The van der Waals surface area contributed by atoms with Crippen LogP contribution in [0.1, 0.15) is 43.1 Å². The Morgan fingerprint density at radius 3 is 2.57 bits per heavy atom. The minimum absolute atomic E-state index is 0. The lowest BCUT2D eigenvalue weighted by atomic mass is 10.1. The molecule has 1 amide bonds. The Kier molecular flexibility index (Phi) is 9.86. The van der Waals surface area contributed by atoms with Crippen LogP contribution in [0.2, 0.25) is 0 Å². The summed E-state index contributed by atoms with van der Waals surface area (Å²) >= 11 is 0. The molecule has 1 saturated heterocycles. The molecule has 0 aromatic heterocycles. The van der Waals surface area contributed by atoms with E-state index in [-0.39, 0.29) is 41.5 Å². The van der Waals surface area contributed by atoms with E-state index in [4.69, 9.17) is 0 Å². The van der Waals surface area contributed by atoms with Gasteiger partial charge in [0.05, 0.1) is 6.54 Å². The van der Waals surface area contributed by atoms with Crippen molar-refractivity contribution in [3.63, 3.8) is 0 Å². The molecule has 1 unspecified atom stereocenters. The number of halogens is 4. The Balaban J connectivity index is 0.00000450. The fraction of sp³-hybridized carbons (Fsp3) is 0.600. The van der Waals surface area contributed by atoms with Crippen LogP contribution < -0.4 is 16.0 Å². The van der Waals surface area contributed by atoms with Gasteiger partial charge in [-0.3, -0.25) is 14.7 Å². The van der Waals surface area contributed by atoms with Crippen LogP contribution in [0, 0.1) is 0 Å². The van der Waals surface area contributed by atoms with Crippen LogP contribution in [0.4, 0.5) is 13.2 Å². The second-order valence-corrected chi connectivity index (χ2v) is 8.31. The van der Waals surface area contributed by atoms with E-state index in [1.807, 2.05) is 39.0 Å². The molecular formula is C20H31F3IN5O. The summed E-state index contributed by atoms with van der Waals surface area (Å²) in [6.07, 6.45) is -3.56. The number of carbonyl (C=O) groups is 1. The van der Waals surface area contributed by atoms with Crippen molar-refractivity contribution < 1.29 is 18.0 Å². The standard InChI is InChI=1S/C20H30F3N5O.HI/c1-19(2,3)27-17(29)15-7-5-6-14(10-15)11-25-18(24-4)26-16-8-9-28(12-16)13-20(21,22)23;/h5-7,10,16H,8-9,11-13H2,1-4H3,(H,27,29)(H2,24,25,26);1H. The van der Waals surface area contributed by atoms with E-state index in [0.29, 0.717) is 37.6 Å². The predicted molar refractivity (Wildman–Crippen MR) is 123 cm³/mol. The van der Waals surface area contributed by atoms with Crippen molar-refractivity contribution >= 4 is 35.8 Å². The van der Waals surface area contributed by atoms with Crippen molar-refractivity contribution in [3.05, 3.63) is 35.4 Å². The van der Waals surface area contributed by atoms with Gasteiger partial charge in [0.2, 0.25) is 0 Å². The van der Waals surface area contributed by atoms with Crippen molar-refractivity contribution in [1.29, 1.82) is 0 Å². The number of rotatable bonds is 5. The Morgan fingerprint density at radius 1 is 1.27 bits per heavy atom. The second kappa shape index (κ2) is 11.2. The van der Waals surface area contributed by atoms with Gasteiger partial charge in [-0.1, -0.05) is 12.1 Å². The minimum atomic E-state index is -4.18. The number of amides is 1. The number of nitrogens with one attached hydrogen (secondary N) is 3. The third-order valence-electron chi connectivity index (χ3n) is 4.38. The zero-order valence-corrected chi connectivity index (χ0v) is 20.1. The summed E-state index contributed by atoms with van der Waals surface area (Å²) < 4.78 is 37.6. The van der Waals surface area contributed by atoms with E-state index in [1.54, 1.807) is 13.1 Å². The maximum Gasteiger partial charge on any atom is 0.401 e. The number of nitrogens with zero attached hydrogens (tertiary/aromatic N) is 2. The highest BCUT2D eigenvalue weighted by atomic mass is 127. The maximum absolute atomic E-state index is 12.5. The van der Waals surface area contributed by atoms with E-state index in [0.717, 1.165) is 5.56 Å². The molecule has 0 aliphatic carbocycles. The van der Waals surface area contributed by atoms with Crippen molar-refractivity contribution in [1.82, 2.24) is 20.9 Å². The van der Waals surface area contributed by atoms with Crippen molar-refractivity contribution in [2.45, 2.75) is 51.5 Å². The minimum Gasteiger partial charge on any atom is -0.352 e. The van der Waals surface area contributed by atoms with Gasteiger partial charge in [0, 0.05) is 43.8 Å². The molecule has 1 aromatic rings. The molecule has 1 aliphatic heterocycles. The average molecular weight is 541 g/mol.